The van der Waals surface area contributed by atoms with Gasteiger partial charge in [-0.2, -0.15) is 0 Å². The number of ether oxygens (including phenoxy) is 3. The number of amides is 1. The highest BCUT2D eigenvalue weighted by Gasteiger charge is 2.19. The highest BCUT2D eigenvalue weighted by atomic mass is 16.6. The zero-order chi connectivity index (χ0) is 22.3. The van der Waals surface area contributed by atoms with E-state index in [0.29, 0.717) is 22.6 Å². The third kappa shape index (κ3) is 6.16. The van der Waals surface area contributed by atoms with E-state index < -0.39 is 24.6 Å². The highest BCUT2D eigenvalue weighted by molar-refractivity contribution is 5.97. The molecule has 30 heavy (non-hydrogen) atoms. The topological polar surface area (TPSA) is 108 Å². The number of anilines is 1. The Kier molecular flexibility index (Phi) is 7.69. The van der Waals surface area contributed by atoms with Gasteiger partial charge in [0.2, 0.25) is 0 Å². The standard InChI is InChI=1S/C22H23NO7/c1-13(24)16-5-8-18(9-6-16)23-22(27)15(3)30-21(26)12-29-19-10-7-17(14(2)25)11-20(19)28-4/h5-11,15H,12H2,1-4H3,(H,23,27)/t15-/m1/s1. The molecular weight excluding hydrogens is 390 g/mol. The van der Waals surface area contributed by atoms with Crippen LogP contribution >= 0.6 is 0 Å². The molecule has 0 radical (unpaired) electrons. The van der Waals surface area contributed by atoms with Gasteiger partial charge in [-0.15, -0.1) is 0 Å². The van der Waals surface area contributed by atoms with Gasteiger partial charge < -0.3 is 19.5 Å². The maximum atomic E-state index is 12.2. The summed E-state index contributed by atoms with van der Waals surface area (Å²) >= 11 is 0. The first-order valence-corrected chi connectivity index (χ1v) is 9.14. The summed E-state index contributed by atoms with van der Waals surface area (Å²) in [5.41, 5.74) is 1.44. The summed E-state index contributed by atoms with van der Waals surface area (Å²) in [5.74, 6) is -0.917. The van der Waals surface area contributed by atoms with Crippen molar-refractivity contribution in [2.45, 2.75) is 26.9 Å². The van der Waals surface area contributed by atoms with Crippen LogP contribution in [0.1, 0.15) is 41.5 Å². The van der Waals surface area contributed by atoms with Gasteiger partial charge >= 0.3 is 5.97 Å². The van der Waals surface area contributed by atoms with Crippen molar-refractivity contribution in [3.8, 4) is 11.5 Å². The van der Waals surface area contributed by atoms with E-state index in [1.807, 2.05) is 0 Å². The SMILES string of the molecule is COc1cc(C(C)=O)ccc1OCC(=O)O[C@H](C)C(=O)Nc1ccc(C(C)=O)cc1. The first kappa shape index (κ1) is 22.6. The molecule has 0 bridgehead atoms. The number of carbonyl (C=O) groups is 4. The molecule has 0 aliphatic heterocycles. The van der Waals surface area contributed by atoms with Crippen LogP contribution in [0.2, 0.25) is 0 Å². The fraction of sp³-hybridized carbons (Fsp3) is 0.273. The van der Waals surface area contributed by atoms with Crippen LogP contribution in [-0.2, 0) is 14.3 Å². The lowest BCUT2D eigenvalue weighted by Gasteiger charge is -2.15. The summed E-state index contributed by atoms with van der Waals surface area (Å²) < 4.78 is 15.6. The smallest absolute Gasteiger partial charge is 0.344 e. The van der Waals surface area contributed by atoms with Crippen molar-refractivity contribution in [3.63, 3.8) is 0 Å². The summed E-state index contributed by atoms with van der Waals surface area (Å²) in [4.78, 5) is 46.9. The molecule has 2 rings (SSSR count). The Morgan fingerprint density at radius 3 is 2.07 bits per heavy atom. The summed E-state index contributed by atoms with van der Waals surface area (Å²) in [7, 11) is 1.42. The van der Waals surface area contributed by atoms with Crippen molar-refractivity contribution in [2.24, 2.45) is 0 Å². The van der Waals surface area contributed by atoms with E-state index in [0.717, 1.165) is 0 Å². The van der Waals surface area contributed by atoms with E-state index in [9.17, 15) is 19.2 Å². The van der Waals surface area contributed by atoms with E-state index in [2.05, 4.69) is 5.32 Å². The largest absolute Gasteiger partial charge is 0.493 e. The molecule has 0 fully saturated rings. The molecule has 2 aromatic rings. The van der Waals surface area contributed by atoms with Gasteiger partial charge in [-0.05, 0) is 63.2 Å². The maximum absolute atomic E-state index is 12.2. The van der Waals surface area contributed by atoms with E-state index in [4.69, 9.17) is 14.2 Å². The fourth-order valence-corrected chi connectivity index (χ4v) is 2.46. The van der Waals surface area contributed by atoms with Gasteiger partial charge in [0.25, 0.3) is 5.91 Å². The second-order valence-electron chi connectivity index (χ2n) is 6.47. The maximum Gasteiger partial charge on any atom is 0.344 e. The van der Waals surface area contributed by atoms with Gasteiger partial charge in [0.05, 0.1) is 7.11 Å². The number of benzene rings is 2. The molecule has 0 spiro atoms. The van der Waals surface area contributed by atoms with E-state index in [1.165, 1.54) is 40.0 Å². The van der Waals surface area contributed by atoms with Crippen LogP contribution in [0.15, 0.2) is 42.5 Å². The van der Waals surface area contributed by atoms with Gasteiger partial charge in [0, 0.05) is 16.8 Å². The number of nitrogens with one attached hydrogen (secondary N) is 1. The van der Waals surface area contributed by atoms with Gasteiger partial charge in [0.15, 0.2) is 35.8 Å². The van der Waals surface area contributed by atoms with Crippen LogP contribution < -0.4 is 14.8 Å². The third-order valence-electron chi connectivity index (χ3n) is 4.15. The average molecular weight is 413 g/mol. The molecule has 0 aliphatic carbocycles. The number of rotatable bonds is 9. The summed E-state index contributed by atoms with van der Waals surface area (Å²) in [6.45, 7) is 3.86. The molecule has 2 aromatic carbocycles. The Morgan fingerprint density at radius 1 is 0.900 bits per heavy atom. The highest BCUT2D eigenvalue weighted by Crippen LogP contribution is 2.28. The molecule has 0 aromatic heterocycles. The second kappa shape index (κ2) is 10.2. The normalized spacial score (nSPS) is 11.2. The molecule has 0 unspecified atom stereocenters. The number of hydrogen-bond donors (Lipinski definition) is 1. The lowest BCUT2D eigenvalue weighted by atomic mass is 10.1. The quantitative estimate of drug-likeness (QED) is 0.497. The summed E-state index contributed by atoms with van der Waals surface area (Å²) in [6, 6.07) is 10.9. The van der Waals surface area contributed by atoms with Crippen molar-refractivity contribution < 1.29 is 33.4 Å². The molecule has 1 atom stereocenters. The molecule has 1 amide bonds. The van der Waals surface area contributed by atoms with Crippen LogP contribution in [0.5, 0.6) is 11.5 Å². The monoisotopic (exact) mass is 413 g/mol. The minimum absolute atomic E-state index is 0.0808. The van der Waals surface area contributed by atoms with E-state index in [1.54, 1.807) is 30.3 Å². The molecule has 8 heteroatoms. The predicted octanol–water partition coefficient (Wildman–Crippen LogP) is 3.05. The van der Waals surface area contributed by atoms with Crippen LogP contribution in [0.25, 0.3) is 0 Å². The van der Waals surface area contributed by atoms with Gasteiger partial charge in [0.1, 0.15) is 0 Å². The molecule has 0 aliphatic rings. The van der Waals surface area contributed by atoms with Gasteiger partial charge in [-0.1, -0.05) is 0 Å². The van der Waals surface area contributed by atoms with Crippen molar-refractivity contribution in [1.82, 2.24) is 0 Å². The zero-order valence-electron chi connectivity index (χ0n) is 17.2. The van der Waals surface area contributed by atoms with E-state index >= 15 is 0 Å². The first-order valence-electron chi connectivity index (χ1n) is 9.14. The van der Waals surface area contributed by atoms with Crippen LogP contribution in [0.3, 0.4) is 0 Å². The van der Waals surface area contributed by atoms with Crippen molar-refractivity contribution in [3.05, 3.63) is 53.6 Å². The van der Waals surface area contributed by atoms with Crippen LogP contribution in [0.4, 0.5) is 5.69 Å². The molecule has 1 N–H and O–H groups in total. The van der Waals surface area contributed by atoms with E-state index in [-0.39, 0.29) is 17.3 Å². The Balaban J connectivity index is 1.88. The Morgan fingerprint density at radius 2 is 1.50 bits per heavy atom. The molecule has 8 nitrogen and oxygen atoms in total. The van der Waals surface area contributed by atoms with Crippen molar-refractivity contribution in [1.29, 1.82) is 0 Å². The number of ketones is 2. The lowest BCUT2D eigenvalue weighted by molar-refractivity contribution is -0.155. The second-order valence-corrected chi connectivity index (χ2v) is 6.47. The Hall–Kier alpha value is -3.68. The fourth-order valence-electron chi connectivity index (χ4n) is 2.46. The zero-order valence-corrected chi connectivity index (χ0v) is 17.2. The van der Waals surface area contributed by atoms with Crippen molar-refractivity contribution >= 4 is 29.1 Å². The Labute approximate surface area is 174 Å². The molecular formula is C22H23NO7. The molecule has 0 heterocycles. The number of Topliss-reactive ketones (excluding diaryl/α,β-unsaturated/α-hetero) is 2. The average Bonchev–Trinajstić information content (AvgIpc) is 2.72. The van der Waals surface area contributed by atoms with Gasteiger partial charge in [-0.25, -0.2) is 4.79 Å². The lowest BCUT2D eigenvalue weighted by Crippen LogP contribution is -2.31. The molecule has 0 saturated heterocycles. The number of carbonyl (C=O) groups excluding carboxylic acids is 4. The molecule has 0 saturated carbocycles. The minimum Gasteiger partial charge on any atom is -0.493 e. The molecule has 158 valence electrons. The minimum atomic E-state index is -1.06. The first-order chi connectivity index (χ1) is 14.2. The summed E-state index contributed by atoms with van der Waals surface area (Å²) in [6.07, 6.45) is -1.06. The third-order valence-corrected chi connectivity index (χ3v) is 4.15. The Bertz CT molecular complexity index is 950. The van der Waals surface area contributed by atoms with Gasteiger partial charge in [-0.3, -0.25) is 14.4 Å². The number of hydrogen-bond acceptors (Lipinski definition) is 7. The predicted molar refractivity (Wildman–Crippen MR) is 109 cm³/mol. The summed E-state index contributed by atoms with van der Waals surface area (Å²) in [5, 5.41) is 2.60. The van der Waals surface area contributed by atoms with Crippen LogP contribution in [0, 0.1) is 0 Å². The number of methoxy groups -OCH3 is 1. The van der Waals surface area contributed by atoms with Crippen LogP contribution in [-0.4, -0.2) is 43.3 Å². The number of esters is 1. The van der Waals surface area contributed by atoms with Crippen molar-refractivity contribution in [2.75, 3.05) is 19.0 Å².